The van der Waals surface area contributed by atoms with E-state index < -0.39 is 0 Å². The lowest BCUT2D eigenvalue weighted by Crippen LogP contribution is -2.27. The predicted octanol–water partition coefficient (Wildman–Crippen LogP) is 1.90. The van der Waals surface area contributed by atoms with Gasteiger partial charge in [0.05, 0.1) is 5.88 Å². The van der Waals surface area contributed by atoms with Crippen molar-refractivity contribution in [1.29, 1.82) is 0 Å². The minimum absolute atomic E-state index is 0.147. The smallest absolute Gasteiger partial charge is 0.254 e. The molecule has 0 spiro atoms. The average molecular weight is 236 g/mol. The molecular weight excluding hydrogens is 220 g/mol. The number of carbonyl (C=O) groups is 1. The van der Waals surface area contributed by atoms with Gasteiger partial charge in [0, 0.05) is 37.6 Å². The van der Waals surface area contributed by atoms with Crippen molar-refractivity contribution in [1.82, 2.24) is 4.90 Å². The quantitative estimate of drug-likeness (QED) is 0.783. The Morgan fingerprint density at radius 3 is 2.88 bits per heavy atom. The van der Waals surface area contributed by atoms with E-state index in [4.69, 9.17) is 0 Å². The van der Waals surface area contributed by atoms with Crippen molar-refractivity contribution < 1.29 is 4.79 Å². The van der Waals surface area contributed by atoms with E-state index in [1.54, 1.807) is 0 Å². The maximum atomic E-state index is 12.1. The van der Waals surface area contributed by atoms with Crippen molar-refractivity contribution in [3.8, 4) is 0 Å². The monoisotopic (exact) mass is 236 g/mol. The third-order valence-corrected chi connectivity index (χ3v) is 3.61. The Labute approximate surface area is 100 Å². The van der Waals surface area contributed by atoms with Crippen molar-refractivity contribution in [2.24, 2.45) is 0 Å². The van der Waals surface area contributed by atoms with Gasteiger partial charge in [-0.15, -0.1) is 11.8 Å². The van der Waals surface area contributed by atoms with Gasteiger partial charge < -0.3 is 9.80 Å². The van der Waals surface area contributed by atoms with Gasteiger partial charge in [-0.3, -0.25) is 4.79 Å². The third-order valence-electron chi connectivity index (χ3n) is 2.65. The summed E-state index contributed by atoms with van der Waals surface area (Å²) < 4.78 is 0. The lowest BCUT2D eigenvalue weighted by molar-refractivity contribution is 0.0803. The van der Waals surface area contributed by atoms with Crippen LogP contribution in [0.3, 0.4) is 0 Å². The summed E-state index contributed by atoms with van der Waals surface area (Å²) in [5.74, 6) is 2.03. The van der Waals surface area contributed by atoms with Gasteiger partial charge in [0.2, 0.25) is 0 Å². The van der Waals surface area contributed by atoms with Crippen LogP contribution in [0.1, 0.15) is 10.4 Å². The molecule has 16 heavy (non-hydrogen) atoms. The Morgan fingerprint density at radius 1 is 1.44 bits per heavy atom. The fraction of sp³-hybridized carbons (Fsp3) is 0.417. The fourth-order valence-electron chi connectivity index (χ4n) is 1.67. The molecule has 0 unspecified atom stereocenters. The summed E-state index contributed by atoms with van der Waals surface area (Å²) in [7, 11) is 3.96. The highest BCUT2D eigenvalue weighted by Crippen LogP contribution is 2.19. The van der Waals surface area contributed by atoms with E-state index in [1.807, 2.05) is 59.9 Å². The molecule has 0 aliphatic carbocycles. The maximum Gasteiger partial charge on any atom is 0.254 e. The van der Waals surface area contributed by atoms with E-state index in [9.17, 15) is 4.79 Å². The zero-order valence-electron chi connectivity index (χ0n) is 9.64. The lowest BCUT2D eigenvalue weighted by Gasteiger charge is -2.17. The van der Waals surface area contributed by atoms with E-state index >= 15 is 0 Å². The highest BCUT2D eigenvalue weighted by molar-refractivity contribution is 7.99. The Bertz CT molecular complexity index is 386. The Morgan fingerprint density at radius 2 is 2.25 bits per heavy atom. The van der Waals surface area contributed by atoms with Crippen molar-refractivity contribution in [2.75, 3.05) is 37.2 Å². The van der Waals surface area contributed by atoms with Gasteiger partial charge in [-0.25, -0.2) is 0 Å². The number of benzene rings is 1. The SMILES string of the molecule is CN(C)c1cccc(C(=O)N2CCSC2)c1. The molecule has 1 aliphatic rings. The molecule has 0 N–H and O–H groups in total. The lowest BCUT2D eigenvalue weighted by atomic mass is 10.1. The van der Waals surface area contributed by atoms with Crippen LogP contribution in [0.2, 0.25) is 0 Å². The highest BCUT2D eigenvalue weighted by Gasteiger charge is 2.19. The molecule has 0 saturated carbocycles. The molecule has 1 amide bonds. The van der Waals surface area contributed by atoms with Crippen molar-refractivity contribution in [2.45, 2.75) is 0 Å². The topological polar surface area (TPSA) is 23.6 Å². The zero-order valence-corrected chi connectivity index (χ0v) is 10.5. The van der Waals surface area contributed by atoms with Gasteiger partial charge in [-0.05, 0) is 18.2 Å². The van der Waals surface area contributed by atoms with Crippen LogP contribution in [0.15, 0.2) is 24.3 Å². The van der Waals surface area contributed by atoms with Crippen LogP contribution in [0, 0.1) is 0 Å². The minimum Gasteiger partial charge on any atom is -0.378 e. The average Bonchev–Trinajstić information content (AvgIpc) is 2.81. The number of carbonyl (C=O) groups excluding carboxylic acids is 1. The molecule has 0 aromatic heterocycles. The summed E-state index contributed by atoms with van der Waals surface area (Å²) in [6, 6.07) is 7.78. The van der Waals surface area contributed by atoms with Crippen molar-refractivity contribution in [3.05, 3.63) is 29.8 Å². The van der Waals surface area contributed by atoms with Gasteiger partial charge in [-0.2, -0.15) is 0 Å². The second kappa shape index (κ2) is 4.78. The normalized spacial score (nSPS) is 15.2. The van der Waals surface area contributed by atoms with Crippen LogP contribution in [0.5, 0.6) is 0 Å². The summed E-state index contributed by atoms with van der Waals surface area (Å²) in [5, 5.41) is 0. The van der Waals surface area contributed by atoms with Crippen LogP contribution in [0.25, 0.3) is 0 Å². The Balaban J connectivity index is 2.19. The summed E-state index contributed by atoms with van der Waals surface area (Å²) in [5.41, 5.74) is 1.85. The van der Waals surface area contributed by atoms with Crippen LogP contribution in [-0.2, 0) is 0 Å². The molecule has 1 fully saturated rings. The summed E-state index contributed by atoms with van der Waals surface area (Å²) in [4.78, 5) is 16.0. The number of nitrogens with zero attached hydrogens (tertiary/aromatic N) is 2. The van der Waals surface area contributed by atoms with Crippen LogP contribution >= 0.6 is 11.8 Å². The molecule has 1 aromatic rings. The van der Waals surface area contributed by atoms with Crippen LogP contribution in [0.4, 0.5) is 5.69 Å². The first-order valence-electron chi connectivity index (χ1n) is 5.33. The molecule has 0 radical (unpaired) electrons. The van der Waals surface area contributed by atoms with Gasteiger partial charge in [0.1, 0.15) is 0 Å². The van der Waals surface area contributed by atoms with Crippen LogP contribution in [-0.4, -0.2) is 43.1 Å². The molecule has 4 heteroatoms. The molecule has 2 rings (SSSR count). The summed E-state index contributed by atoms with van der Waals surface area (Å²) in [6.07, 6.45) is 0. The first-order valence-corrected chi connectivity index (χ1v) is 6.48. The Hall–Kier alpha value is -1.16. The number of hydrogen-bond acceptors (Lipinski definition) is 3. The number of amides is 1. The first kappa shape index (κ1) is 11.3. The van der Waals surface area contributed by atoms with Gasteiger partial charge in [0.15, 0.2) is 0 Å². The second-order valence-electron chi connectivity index (χ2n) is 4.05. The van der Waals surface area contributed by atoms with Crippen molar-refractivity contribution >= 4 is 23.4 Å². The number of anilines is 1. The highest BCUT2D eigenvalue weighted by atomic mass is 32.2. The molecule has 3 nitrogen and oxygen atoms in total. The molecular formula is C12H16N2OS. The third kappa shape index (κ3) is 2.32. The first-order chi connectivity index (χ1) is 7.68. The molecule has 1 saturated heterocycles. The molecule has 1 aliphatic heterocycles. The maximum absolute atomic E-state index is 12.1. The Kier molecular flexibility index (Phi) is 3.39. The van der Waals surface area contributed by atoms with Gasteiger partial charge in [-0.1, -0.05) is 6.07 Å². The van der Waals surface area contributed by atoms with E-state index in [-0.39, 0.29) is 5.91 Å². The largest absolute Gasteiger partial charge is 0.378 e. The second-order valence-corrected chi connectivity index (χ2v) is 5.13. The summed E-state index contributed by atoms with van der Waals surface area (Å²) in [6.45, 7) is 0.871. The minimum atomic E-state index is 0.147. The molecule has 0 bridgehead atoms. The fourth-order valence-corrected chi connectivity index (χ4v) is 2.62. The van der Waals surface area contributed by atoms with Crippen molar-refractivity contribution in [3.63, 3.8) is 0 Å². The molecule has 0 atom stereocenters. The number of rotatable bonds is 2. The zero-order chi connectivity index (χ0) is 11.5. The molecule has 1 heterocycles. The van der Waals surface area contributed by atoms with Crippen LogP contribution < -0.4 is 4.90 Å². The number of thioether (sulfide) groups is 1. The van der Waals surface area contributed by atoms with E-state index in [0.717, 1.165) is 29.4 Å². The van der Waals surface area contributed by atoms with E-state index in [0.29, 0.717) is 0 Å². The standard InChI is InChI=1S/C12H16N2OS/c1-13(2)11-5-3-4-10(8-11)12(15)14-6-7-16-9-14/h3-5,8H,6-7,9H2,1-2H3. The van der Waals surface area contributed by atoms with E-state index in [2.05, 4.69) is 0 Å². The number of hydrogen-bond donors (Lipinski definition) is 0. The van der Waals surface area contributed by atoms with Gasteiger partial charge >= 0.3 is 0 Å². The molecule has 86 valence electrons. The van der Waals surface area contributed by atoms with Gasteiger partial charge in [0.25, 0.3) is 5.91 Å². The predicted molar refractivity (Wildman–Crippen MR) is 69.1 cm³/mol. The summed E-state index contributed by atoms with van der Waals surface area (Å²) >= 11 is 1.81. The molecule has 1 aromatic carbocycles. The van der Waals surface area contributed by atoms with E-state index in [1.165, 1.54) is 0 Å².